The lowest BCUT2D eigenvalue weighted by atomic mass is 10.2. The molecule has 1 rings (SSSR count). The fourth-order valence-electron chi connectivity index (χ4n) is 1.24. The Labute approximate surface area is 113 Å². The van der Waals surface area contributed by atoms with Crippen molar-refractivity contribution in [2.45, 2.75) is 13.5 Å². The van der Waals surface area contributed by atoms with Crippen molar-refractivity contribution in [2.24, 2.45) is 10.7 Å². The molecule has 0 saturated heterocycles. The number of ether oxygens (including phenoxy) is 1. The number of hydrogen-bond donors (Lipinski definition) is 2. The first kappa shape index (κ1) is 15.0. The maximum Gasteiger partial charge on any atom is 0.188 e. The molecule has 0 radical (unpaired) electrons. The number of rotatable bonds is 4. The quantitative estimate of drug-likeness (QED) is 0.501. The Morgan fingerprint density at radius 3 is 2.75 bits per heavy atom. The zero-order chi connectivity index (χ0) is 11.1. The van der Waals surface area contributed by atoms with Gasteiger partial charge >= 0.3 is 0 Å². The van der Waals surface area contributed by atoms with E-state index in [1.54, 1.807) is 7.11 Å². The molecule has 0 saturated carbocycles. The second-order valence-electron chi connectivity index (χ2n) is 3.04. The largest absolute Gasteiger partial charge is 0.496 e. The number of guanidine groups is 1. The topological polar surface area (TPSA) is 59.6 Å². The molecule has 0 spiro atoms. The molecule has 0 fully saturated rings. The van der Waals surface area contributed by atoms with Crippen molar-refractivity contribution >= 4 is 29.9 Å². The Morgan fingerprint density at radius 1 is 1.44 bits per heavy atom. The molecule has 0 aliphatic heterocycles. The van der Waals surface area contributed by atoms with Crippen LogP contribution in [-0.2, 0) is 6.54 Å². The second kappa shape index (κ2) is 8.20. The van der Waals surface area contributed by atoms with Crippen LogP contribution in [-0.4, -0.2) is 19.6 Å². The Morgan fingerprint density at radius 2 is 2.12 bits per heavy atom. The van der Waals surface area contributed by atoms with Crippen molar-refractivity contribution in [2.75, 3.05) is 13.7 Å². The fourth-order valence-corrected chi connectivity index (χ4v) is 1.24. The number of para-hydroxylation sites is 1. The summed E-state index contributed by atoms with van der Waals surface area (Å²) in [5.74, 6) is 1.30. The molecule has 1 aromatic rings. The van der Waals surface area contributed by atoms with E-state index in [2.05, 4.69) is 10.3 Å². The lowest BCUT2D eigenvalue weighted by Gasteiger charge is -2.06. The molecule has 0 atom stereocenters. The van der Waals surface area contributed by atoms with Crippen molar-refractivity contribution in [3.63, 3.8) is 0 Å². The highest BCUT2D eigenvalue weighted by Crippen LogP contribution is 2.17. The van der Waals surface area contributed by atoms with Gasteiger partial charge in [0.25, 0.3) is 0 Å². The van der Waals surface area contributed by atoms with Crippen molar-refractivity contribution in [1.29, 1.82) is 0 Å². The third-order valence-electron chi connectivity index (χ3n) is 1.97. The van der Waals surface area contributed by atoms with Crippen LogP contribution in [0, 0.1) is 0 Å². The van der Waals surface area contributed by atoms with Gasteiger partial charge in [-0.3, -0.25) is 0 Å². The summed E-state index contributed by atoms with van der Waals surface area (Å²) in [6.45, 7) is 3.29. The number of benzene rings is 1. The van der Waals surface area contributed by atoms with Gasteiger partial charge in [-0.2, -0.15) is 0 Å². The van der Waals surface area contributed by atoms with Crippen LogP contribution in [0.25, 0.3) is 0 Å². The average molecular weight is 335 g/mol. The van der Waals surface area contributed by atoms with Crippen LogP contribution < -0.4 is 15.8 Å². The van der Waals surface area contributed by atoms with Crippen LogP contribution >= 0.6 is 24.0 Å². The van der Waals surface area contributed by atoms with Crippen molar-refractivity contribution in [3.05, 3.63) is 29.8 Å². The lowest BCUT2D eigenvalue weighted by molar-refractivity contribution is 0.410. The predicted molar refractivity (Wildman–Crippen MR) is 77.4 cm³/mol. The third kappa shape index (κ3) is 4.69. The van der Waals surface area contributed by atoms with E-state index in [0.717, 1.165) is 17.9 Å². The molecule has 0 amide bonds. The van der Waals surface area contributed by atoms with Gasteiger partial charge in [0, 0.05) is 12.1 Å². The van der Waals surface area contributed by atoms with Gasteiger partial charge in [-0.05, 0) is 13.0 Å². The number of halogens is 1. The number of methoxy groups -OCH3 is 1. The number of hydrogen-bond acceptors (Lipinski definition) is 2. The highest BCUT2D eigenvalue weighted by atomic mass is 127. The molecular formula is C11H18IN3O. The zero-order valence-corrected chi connectivity index (χ0v) is 11.9. The summed E-state index contributed by atoms with van der Waals surface area (Å²) in [7, 11) is 1.65. The minimum Gasteiger partial charge on any atom is -0.496 e. The Bertz CT molecular complexity index is 342. The second-order valence-corrected chi connectivity index (χ2v) is 3.04. The van der Waals surface area contributed by atoms with Gasteiger partial charge in [-0.15, -0.1) is 24.0 Å². The molecule has 0 bridgehead atoms. The molecule has 0 aliphatic carbocycles. The van der Waals surface area contributed by atoms with Gasteiger partial charge in [-0.25, -0.2) is 4.99 Å². The van der Waals surface area contributed by atoms with Crippen LogP contribution in [0.1, 0.15) is 12.5 Å². The normalized spacial score (nSPS) is 10.5. The Kier molecular flexibility index (Phi) is 7.70. The minimum atomic E-state index is 0. The van der Waals surface area contributed by atoms with Crippen molar-refractivity contribution < 1.29 is 4.74 Å². The Balaban J connectivity index is 0.00000225. The van der Waals surface area contributed by atoms with Gasteiger partial charge in [0.2, 0.25) is 0 Å². The van der Waals surface area contributed by atoms with Gasteiger partial charge in [-0.1, -0.05) is 18.2 Å². The molecule has 0 aromatic heterocycles. The monoisotopic (exact) mass is 335 g/mol. The highest BCUT2D eigenvalue weighted by molar-refractivity contribution is 14.0. The van der Waals surface area contributed by atoms with Crippen molar-refractivity contribution in [3.8, 4) is 5.75 Å². The van der Waals surface area contributed by atoms with E-state index in [0.29, 0.717) is 12.5 Å². The van der Waals surface area contributed by atoms with Crippen LogP contribution in [0.15, 0.2) is 29.3 Å². The lowest BCUT2D eigenvalue weighted by Crippen LogP contribution is -2.31. The predicted octanol–water partition coefficient (Wildman–Crippen LogP) is 1.74. The van der Waals surface area contributed by atoms with E-state index < -0.39 is 0 Å². The summed E-state index contributed by atoms with van der Waals surface area (Å²) >= 11 is 0. The number of nitrogens with zero attached hydrogens (tertiary/aromatic N) is 1. The van der Waals surface area contributed by atoms with E-state index in [1.807, 2.05) is 31.2 Å². The summed E-state index contributed by atoms with van der Waals surface area (Å²) in [4.78, 5) is 4.20. The molecule has 0 heterocycles. The van der Waals surface area contributed by atoms with Crippen molar-refractivity contribution in [1.82, 2.24) is 5.32 Å². The van der Waals surface area contributed by atoms with Gasteiger partial charge in [0.05, 0.1) is 13.7 Å². The summed E-state index contributed by atoms with van der Waals surface area (Å²) in [6.07, 6.45) is 0. The van der Waals surface area contributed by atoms with E-state index >= 15 is 0 Å². The maximum atomic E-state index is 5.62. The fraction of sp³-hybridized carbons (Fsp3) is 0.364. The molecule has 0 unspecified atom stereocenters. The summed E-state index contributed by atoms with van der Waals surface area (Å²) in [6, 6.07) is 7.77. The standard InChI is InChI=1S/C11H17N3O.HI/c1-3-13-11(12)14-8-9-6-4-5-7-10(9)15-2;/h4-7H,3,8H2,1-2H3,(H3,12,13,14);1H. The summed E-state index contributed by atoms with van der Waals surface area (Å²) in [5, 5.41) is 2.94. The number of nitrogens with two attached hydrogens (primary N) is 1. The molecule has 1 aromatic carbocycles. The third-order valence-corrected chi connectivity index (χ3v) is 1.97. The summed E-state index contributed by atoms with van der Waals surface area (Å²) < 4.78 is 5.21. The van der Waals surface area contributed by atoms with E-state index in [1.165, 1.54) is 0 Å². The smallest absolute Gasteiger partial charge is 0.188 e. The van der Waals surface area contributed by atoms with Gasteiger partial charge in [0.15, 0.2) is 5.96 Å². The van der Waals surface area contributed by atoms with Crippen LogP contribution in [0.3, 0.4) is 0 Å². The molecular weight excluding hydrogens is 317 g/mol. The molecule has 90 valence electrons. The molecule has 3 N–H and O–H groups in total. The van der Waals surface area contributed by atoms with E-state index in [4.69, 9.17) is 10.5 Å². The molecule has 5 heteroatoms. The SMILES string of the molecule is CCNC(N)=NCc1ccccc1OC.I. The highest BCUT2D eigenvalue weighted by Gasteiger charge is 1.99. The first-order valence-corrected chi connectivity index (χ1v) is 4.93. The van der Waals surface area contributed by atoms with E-state index in [9.17, 15) is 0 Å². The van der Waals surface area contributed by atoms with Crippen LogP contribution in [0.5, 0.6) is 5.75 Å². The Hall–Kier alpha value is -0.980. The molecule has 0 aliphatic rings. The van der Waals surface area contributed by atoms with Gasteiger partial charge < -0.3 is 15.8 Å². The maximum absolute atomic E-state index is 5.62. The first-order valence-electron chi connectivity index (χ1n) is 4.93. The van der Waals surface area contributed by atoms with Crippen LogP contribution in [0.2, 0.25) is 0 Å². The minimum absolute atomic E-state index is 0. The first-order chi connectivity index (χ1) is 7.27. The number of nitrogens with one attached hydrogen (secondary N) is 1. The van der Waals surface area contributed by atoms with Gasteiger partial charge in [0.1, 0.15) is 5.75 Å². The molecule has 4 nitrogen and oxygen atoms in total. The molecule has 16 heavy (non-hydrogen) atoms. The van der Waals surface area contributed by atoms with E-state index in [-0.39, 0.29) is 24.0 Å². The summed E-state index contributed by atoms with van der Waals surface area (Å²) in [5.41, 5.74) is 6.65. The number of aliphatic imine (C=N–C) groups is 1. The zero-order valence-electron chi connectivity index (χ0n) is 9.56. The average Bonchev–Trinajstić information content (AvgIpc) is 2.27. The van der Waals surface area contributed by atoms with Crippen LogP contribution in [0.4, 0.5) is 0 Å².